The number of nitrogens with one attached hydrogen (secondary N) is 1. The molecule has 1 N–H and O–H groups in total. The smallest absolute Gasteiger partial charge is 0.0181 e. The van der Waals surface area contributed by atoms with Crippen LogP contribution in [0.2, 0.25) is 0 Å². The van der Waals surface area contributed by atoms with E-state index in [0.29, 0.717) is 11.5 Å². The van der Waals surface area contributed by atoms with Gasteiger partial charge in [0.15, 0.2) is 0 Å². The van der Waals surface area contributed by atoms with Gasteiger partial charge in [-0.3, -0.25) is 0 Å². The van der Waals surface area contributed by atoms with Crippen LogP contribution in [0.15, 0.2) is 35.5 Å². The fourth-order valence-corrected chi connectivity index (χ4v) is 3.32. The molecule has 0 unspecified atom stereocenters. The van der Waals surface area contributed by atoms with Crippen LogP contribution in [0.5, 0.6) is 0 Å². The molecule has 0 aromatic carbocycles. The first-order valence-electron chi connectivity index (χ1n) is 8.63. The van der Waals surface area contributed by atoms with Crippen LogP contribution in [0, 0.1) is 5.92 Å². The molecule has 1 rings (SSSR count). The Morgan fingerprint density at radius 1 is 1.14 bits per heavy atom. The minimum atomic E-state index is 0.386. The summed E-state index contributed by atoms with van der Waals surface area (Å²) in [4.78, 5) is 0. The lowest BCUT2D eigenvalue weighted by Crippen LogP contribution is -2.44. The molecule has 0 amide bonds. The normalized spacial score (nSPS) is 20.4. The zero-order valence-electron chi connectivity index (χ0n) is 14.9. The van der Waals surface area contributed by atoms with Crippen molar-refractivity contribution in [3.8, 4) is 0 Å². The quantitative estimate of drug-likeness (QED) is 0.585. The molecule has 1 nitrogen and oxygen atoms in total. The molecule has 1 aliphatic carbocycles. The largest absolute Gasteiger partial charge is 0.314 e. The van der Waals surface area contributed by atoms with Gasteiger partial charge in [-0.25, -0.2) is 0 Å². The summed E-state index contributed by atoms with van der Waals surface area (Å²) in [5, 5.41) is 3.64. The van der Waals surface area contributed by atoms with Crippen LogP contribution in [0.1, 0.15) is 72.6 Å². The van der Waals surface area contributed by atoms with E-state index >= 15 is 0 Å². The predicted molar refractivity (Wildman–Crippen MR) is 95.6 cm³/mol. The van der Waals surface area contributed by atoms with Gasteiger partial charge in [0, 0.05) is 5.54 Å². The highest BCUT2D eigenvalue weighted by Gasteiger charge is 2.29. The second kappa shape index (κ2) is 8.58. The molecule has 0 radical (unpaired) electrons. The molecule has 1 saturated carbocycles. The Morgan fingerprint density at radius 2 is 1.76 bits per heavy atom. The number of rotatable bonds is 7. The topological polar surface area (TPSA) is 12.0 Å². The summed E-state index contributed by atoms with van der Waals surface area (Å²) in [6.07, 6.45) is 13.7. The summed E-state index contributed by atoms with van der Waals surface area (Å²) in [6.45, 7) is 12.9. The molecule has 1 heteroatoms. The second-order valence-electron chi connectivity index (χ2n) is 7.04. The van der Waals surface area contributed by atoms with E-state index in [1.54, 1.807) is 5.57 Å². The second-order valence-corrected chi connectivity index (χ2v) is 7.04. The number of hydrogen-bond donors (Lipinski definition) is 1. The Morgan fingerprint density at radius 3 is 2.24 bits per heavy atom. The highest BCUT2D eigenvalue weighted by atomic mass is 14.9. The lowest BCUT2D eigenvalue weighted by atomic mass is 9.77. The lowest BCUT2D eigenvalue weighted by Gasteiger charge is -2.38. The zero-order chi connectivity index (χ0) is 15.9. The van der Waals surface area contributed by atoms with Gasteiger partial charge in [-0.15, -0.1) is 0 Å². The van der Waals surface area contributed by atoms with Crippen LogP contribution in [0.3, 0.4) is 0 Å². The van der Waals surface area contributed by atoms with Crippen molar-refractivity contribution in [2.75, 3.05) is 7.05 Å². The van der Waals surface area contributed by atoms with Gasteiger partial charge in [-0.05, 0) is 63.6 Å². The van der Waals surface area contributed by atoms with Gasteiger partial charge in [-0.1, -0.05) is 57.4 Å². The van der Waals surface area contributed by atoms with E-state index in [0.717, 1.165) is 0 Å². The molecule has 0 saturated heterocycles. The van der Waals surface area contributed by atoms with Gasteiger partial charge in [0.25, 0.3) is 0 Å². The maximum Gasteiger partial charge on any atom is 0.0181 e. The summed E-state index contributed by atoms with van der Waals surface area (Å²) in [6, 6.07) is 0. The first-order chi connectivity index (χ1) is 9.94. The van der Waals surface area contributed by atoms with E-state index in [9.17, 15) is 0 Å². The SMILES string of the molecule is C=C/C(C)=C(C)/C=C(\CCC1(NC)CCCCC1)C(C)C. The fraction of sp³-hybridized carbons (Fsp3) is 0.700. The lowest BCUT2D eigenvalue weighted by molar-refractivity contribution is 0.229. The third-order valence-electron chi connectivity index (χ3n) is 5.30. The van der Waals surface area contributed by atoms with Crippen LogP contribution >= 0.6 is 0 Å². The minimum absolute atomic E-state index is 0.386. The number of hydrogen-bond acceptors (Lipinski definition) is 1. The minimum Gasteiger partial charge on any atom is -0.314 e. The van der Waals surface area contributed by atoms with Crippen molar-refractivity contribution < 1.29 is 0 Å². The third-order valence-corrected chi connectivity index (χ3v) is 5.30. The van der Waals surface area contributed by atoms with Gasteiger partial charge < -0.3 is 5.32 Å². The van der Waals surface area contributed by atoms with Crippen molar-refractivity contribution in [2.45, 2.75) is 78.2 Å². The van der Waals surface area contributed by atoms with Gasteiger partial charge in [0.1, 0.15) is 0 Å². The molecule has 1 aliphatic rings. The Bertz CT molecular complexity index is 392. The Kier molecular flexibility index (Phi) is 7.45. The maximum atomic E-state index is 3.88. The van der Waals surface area contributed by atoms with Crippen molar-refractivity contribution in [2.24, 2.45) is 5.92 Å². The monoisotopic (exact) mass is 289 g/mol. The highest BCUT2D eigenvalue weighted by molar-refractivity contribution is 5.32. The van der Waals surface area contributed by atoms with Crippen molar-refractivity contribution >= 4 is 0 Å². The van der Waals surface area contributed by atoms with Gasteiger partial charge in [0.2, 0.25) is 0 Å². The Hall–Kier alpha value is -0.820. The molecule has 0 aromatic heterocycles. The number of allylic oxidation sites excluding steroid dienone is 5. The summed E-state index contributed by atoms with van der Waals surface area (Å²) < 4.78 is 0. The van der Waals surface area contributed by atoms with Gasteiger partial charge in [0.05, 0.1) is 0 Å². The van der Waals surface area contributed by atoms with E-state index in [1.165, 1.54) is 56.1 Å². The van der Waals surface area contributed by atoms with Gasteiger partial charge in [-0.2, -0.15) is 0 Å². The summed E-state index contributed by atoms with van der Waals surface area (Å²) in [7, 11) is 2.15. The molecule has 0 spiro atoms. The summed E-state index contributed by atoms with van der Waals surface area (Å²) >= 11 is 0. The van der Waals surface area contributed by atoms with Crippen molar-refractivity contribution in [3.05, 3.63) is 35.5 Å². The summed E-state index contributed by atoms with van der Waals surface area (Å²) in [5.74, 6) is 0.620. The molecule has 1 fully saturated rings. The third kappa shape index (κ3) is 5.47. The molecule has 0 aliphatic heterocycles. The Labute approximate surface area is 132 Å². The van der Waals surface area contributed by atoms with Crippen molar-refractivity contribution in [3.63, 3.8) is 0 Å². The van der Waals surface area contributed by atoms with E-state index in [2.05, 4.69) is 52.7 Å². The van der Waals surface area contributed by atoms with Crippen LogP contribution in [0.25, 0.3) is 0 Å². The van der Waals surface area contributed by atoms with Crippen LogP contribution < -0.4 is 5.32 Å². The molecule has 0 aromatic rings. The van der Waals surface area contributed by atoms with E-state index in [4.69, 9.17) is 0 Å². The van der Waals surface area contributed by atoms with Crippen LogP contribution in [0.4, 0.5) is 0 Å². The zero-order valence-corrected chi connectivity index (χ0v) is 14.9. The van der Waals surface area contributed by atoms with Gasteiger partial charge >= 0.3 is 0 Å². The first kappa shape index (κ1) is 18.2. The average Bonchev–Trinajstić information content (AvgIpc) is 2.50. The van der Waals surface area contributed by atoms with E-state index in [-0.39, 0.29) is 0 Å². The standard InChI is InChI=1S/C20H35N/c1-7-17(4)18(5)15-19(16(2)3)11-14-20(21-6)12-9-8-10-13-20/h7,15-16,21H,1,8-14H2,2-6H3/b18-17+,19-15+. The molecular formula is C20H35N. The van der Waals surface area contributed by atoms with E-state index in [1.807, 2.05) is 6.08 Å². The molecular weight excluding hydrogens is 254 g/mol. The highest BCUT2D eigenvalue weighted by Crippen LogP contribution is 2.34. The molecule has 0 bridgehead atoms. The van der Waals surface area contributed by atoms with Crippen molar-refractivity contribution in [1.82, 2.24) is 5.32 Å². The average molecular weight is 290 g/mol. The molecule has 120 valence electrons. The van der Waals surface area contributed by atoms with Crippen molar-refractivity contribution in [1.29, 1.82) is 0 Å². The molecule has 0 atom stereocenters. The predicted octanol–water partition coefficient (Wildman–Crippen LogP) is 5.79. The Balaban J connectivity index is 2.79. The molecule has 0 heterocycles. The first-order valence-corrected chi connectivity index (χ1v) is 8.63. The summed E-state index contributed by atoms with van der Waals surface area (Å²) in [5.41, 5.74) is 4.61. The van der Waals surface area contributed by atoms with E-state index < -0.39 is 0 Å². The maximum absolute atomic E-state index is 3.88. The molecule has 21 heavy (non-hydrogen) atoms. The van der Waals surface area contributed by atoms with Crippen LogP contribution in [-0.4, -0.2) is 12.6 Å². The van der Waals surface area contributed by atoms with Crippen LogP contribution in [-0.2, 0) is 0 Å². The fourth-order valence-electron chi connectivity index (χ4n) is 3.32.